The highest BCUT2D eigenvalue weighted by Crippen LogP contribution is 2.16. The van der Waals surface area contributed by atoms with Gasteiger partial charge in [0.15, 0.2) is 0 Å². The Morgan fingerprint density at radius 2 is 2.06 bits per heavy atom. The number of rotatable bonds is 5. The summed E-state index contributed by atoms with van der Waals surface area (Å²) in [7, 11) is 0. The molecule has 2 rings (SSSR count). The number of likely N-dealkylation sites (tertiary alicyclic amines) is 1. The highest BCUT2D eigenvalue weighted by Gasteiger charge is 2.09. The van der Waals surface area contributed by atoms with Gasteiger partial charge >= 0.3 is 0 Å². The lowest BCUT2D eigenvalue weighted by atomic mass is 10.1. The quantitative estimate of drug-likeness (QED) is 0.677. The molecule has 95 valence electrons. The van der Waals surface area contributed by atoms with Crippen molar-refractivity contribution in [2.75, 3.05) is 26.2 Å². The minimum absolute atomic E-state index is 0.853. The average Bonchev–Trinajstić information content (AvgIpc) is 2.36. The van der Waals surface area contributed by atoms with Gasteiger partial charge in [0.05, 0.1) is 6.61 Å². The predicted molar refractivity (Wildman–Crippen MR) is 71.6 cm³/mol. The molecule has 1 radical (unpaired) electrons. The molecule has 1 aliphatic heterocycles. The van der Waals surface area contributed by atoms with E-state index in [0.717, 1.165) is 25.2 Å². The first-order chi connectivity index (χ1) is 8.34. The van der Waals surface area contributed by atoms with Crippen LogP contribution in [0, 0.1) is 6.42 Å². The molecule has 1 aliphatic carbocycles. The maximum atomic E-state index is 5.78. The summed E-state index contributed by atoms with van der Waals surface area (Å²) in [5, 5.41) is 0. The van der Waals surface area contributed by atoms with Crippen molar-refractivity contribution in [3.63, 3.8) is 0 Å². The van der Waals surface area contributed by atoms with E-state index < -0.39 is 0 Å². The zero-order valence-corrected chi connectivity index (χ0v) is 11.0. The van der Waals surface area contributed by atoms with Gasteiger partial charge in [0, 0.05) is 6.54 Å². The third kappa shape index (κ3) is 4.55. The Morgan fingerprint density at radius 3 is 2.82 bits per heavy atom. The molecular formula is C15H24NO. The number of nitrogens with zero attached hydrogens (tertiary/aromatic N) is 1. The third-order valence-corrected chi connectivity index (χ3v) is 3.46. The van der Waals surface area contributed by atoms with E-state index in [1.807, 2.05) is 0 Å². The van der Waals surface area contributed by atoms with Gasteiger partial charge in [-0.05, 0) is 64.3 Å². The second-order valence-electron chi connectivity index (χ2n) is 5.04. The van der Waals surface area contributed by atoms with Crippen LogP contribution in [0.2, 0.25) is 0 Å². The van der Waals surface area contributed by atoms with Crippen molar-refractivity contribution in [1.82, 2.24) is 4.90 Å². The SMILES string of the molecule is CC1=CC(OCCCN2CCCCC2)=CC[CH]1. The van der Waals surface area contributed by atoms with Crippen molar-refractivity contribution in [1.29, 1.82) is 0 Å². The van der Waals surface area contributed by atoms with Crippen molar-refractivity contribution in [2.24, 2.45) is 0 Å². The fraction of sp³-hybridized carbons (Fsp3) is 0.667. The zero-order valence-electron chi connectivity index (χ0n) is 11.0. The standard InChI is InChI=1S/C15H24NO/c1-14-7-5-8-15(13-14)17-12-6-11-16-9-3-2-4-10-16/h7-8,13H,2-6,9-12H2,1H3. The van der Waals surface area contributed by atoms with Gasteiger partial charge in [-0.25, -0.2) is 0 Å². The van der Waals surface area contributed by atoms with Crippen LogP contribution in [0.5, 0.6) is 0 Å². The molecular weight excluding hydrogens is 210 g/mol. The van der Waals surface area contributed by atoms with Gasteiger partial charge in [-0.3, -0.25) is 0 Å². The fourth-order valence-corrected chi connectivity index (χ4v) is 2.46. The molecule has 1 saturated heterocycles. The van der Waals surface area contributed by atoms with Gasteiger partial charge in [-0.1, -0.05) is 12.0 Å². The molecule has 2 heteroatoms. The summed E-state index contributed by atoms with van der Waals surface area (Å²) in [5.41, 5.74) is 1.32. The Morgan fingerprint density at radius 1 is 1.24 bits per heavy atom. The van der Waals surface area contributed by atoms with Crippen molar-refractivity contribution < 1.29 is 4.74 Å². The van der Waals surface area contributed by atoms with Gasteiger partial charge in [0.2, 0.25) is 0 Å². The zero-order chi connectivity index (χ0) is 11.9. The first-order valence-corrected chi connectivity index (χ1v) is 6.91. The van der Waals surface area contributed by atoms with Crippen LogP contribution in [0.25, 0.3) is 0 Å². The summed E-state index contributed by atoms with van der Waals surface area (Å²) >= 11 is 0. The summed E-state index contributed by atoms with van der Waals surface area (Å²) in [6.45, 7) is 6.76. The van der Waals surface area contributed by atoms with Crippen molar-refractivity contribution >= 4 is 0 Å². The van der Waals surface area contributed by atoms with Crippen molar-refractivity contribution in [3.05, 3.63) is 29.9 Å². The summed E-state index contributed by atoms with van der Waals surface area (Å²) in [6, 6.07) is 0. The third-order valence-electron chi connectivity index (χ3n) is 3.46. The molecule has 0 unspecified atom stereocenters. The van der Waals surface area contributed by atoms with E-state index in [0.29, 0.717) is 0 Å². The van der Waals surface area contributed by atoms with Gasteiger partial charge < -0.3 is 9.64 Å². The molecule has 0 aromatic rings. The number of piperidine rings is 1. The number of ether oxygens (including phenoxy) is 1. The molecule has 1 heterocycles. The Balaban J connectivity index is 1.58. The van der Waals surface area contributed by atoms with Crippen LogP contribution in [0.15, 0.2) is 23.5 Å². The van der Waals surface area contributed by atoms with E-state index in [1.165, 1.54) is 44.5 Å². The minimum atomic E-state index is 0.853. The Hall–Kier alpha value is -0.760. The fourth-order valence-electron chi connectivity index (χ4n) is 2.46. The molecule has 17 heavy (non-hydrogen) atoms. The van der Waals surface area contributed by atoms with Crippen LogP contribution >= 0.6 is 0 Å². The lowest BCUT2D eigenvalue weighted by molar-refractivity contribution is 0.175. The number of hydrogen-bond acceptors (Lipinski definition) is 2. The smallest absolute Gasteiger partial charge is 0.115 e. The van der Waals surface area contributed by atoms with E-state index in [4.69, 9.17) is 4.74 Å². The summed E-state index contributed by atoms with van der Waals surface area (Å²) < 4.78 is 5.78. The van der Waals surface area contributed by atoms with Crippen molar-refractivity contribution in [3.8, 4) is 0 Å². The van der Waals surface area contributed by atoms with E-state index in [2.05, 4.69) is 30.4 Å². The maximum absolute atomic E-state index is 5.78. The molecule has 0 N–H and O–H groups in total. The van der Waals surface area contributed by atoms with Crippen LogP contribution in [-0.2, 0) is 4.74 Å². The van der Waals surface area contributed by atoms with Gasteiger partial charge in [0.25, 0.3) is 0 Å². The van der Waals surface area contributed by atoms with Crippen molar-refractivity contribution in [2.45, 2.75) is 39.0 Å². The Labute approximate surface area is 105 Å². The lowest BCUT2D eigenvalue weighted by Crippen LogP contribution is -2.31. The Bertz CT molecular complexity index is 287. The summed E-state index contributed by atoms with van der Waals surface area (Å²) in [5.74, 6) is 1.06. The van der Waals surface area contributed by atoms with Crippen LogP contribution in [0.4, 0.5) is 0 Å². The second kappa shape index (κ2) is 6.85. The average molecular weight is 234 g/mol. The van der Waals surface area contributed by atoms with Gasteiger partial charge in [-0.15, -0.1) is 0 Å². The Kier molecular flexibility index (Phi) is 5.11. The van der Waals surface area contributed by atoms with Crippen LogP contribution in [0.3, 0.4) is 0 Å². The molecule has 2 nitrogen and oxygen atoms in total. The van der Waals surface area contributed by atoms with E-state index in [-0.39, 0.29) is 0 Å². The maximum Gasteiger partial charge on any atom is 0.115 e. The summed E-state index contributed by atoms with van der Waals surface area (Å²) in [6.07, 6.45) is 12.9. The molecule has 0 saturated carbocycles. The molecule has 0 bridgehead atoms. The highest BCUT2D eigenvalue weighted by atomic mass is 16.5. The van der Waals surface area contributed by atoms with Crippen LogP contribution in [-0.4, -0.2) is 31.1 Å². The van der Waals surface area contributed by atoms with Gasteiger partial charge in [-0.2, -0.15) is 0 Å². The number of allylic oxidation sites excluding steroid dienone is 3. The van der Waals surface area contributed by atoms with E-state index in [9.17, 15) is 0 Å². The molecule has 0 atom stereocenters. The first kappa shape index (κ1) is 12.7. The van der Waals surface area contributed by atoms with Gasteiger partial charge in [0.1, 0.15) is 5.76 Å². The van der Waals surface area contributed by atoms with E-state index in [1.54, 1.807) is 0 Å². The molecule has 0 amide bonds. The second-order valence-corrected chi connectivity index (χ2v) is 5.04. The molecule has 2 aliphatic rings. The van der Waals surface area contributed by atoms with Crippen LogP contribution in [0.1, 0.15) is 39.0 Å². The molecule has 0 aromatic heterocycles. The number of hydrogen-bond donors (Lipinski definition) is 0. The normalized spacial score (nSPS) is 21.9. The van der Waals surface area contributed by atoms with E-state index >= 15 is 0 Å². The minimum Gasteiger partial charge on any atom is -0.494 e. The molecule has 0 aromatic carbocycles. The topological polar surface area (TPSA) is 12.5 Å². The predicted octanol–water partition coefficient (Wildman–Crippen LogP) is 3.32. The first-order valence-electron chi connectivity index (χ1n) is 6.91. The van der Waals surface area contributed by atoms with Crippen LogP contribution < -0.4 is 0 Å². The molecule has 1 fully saturated rings. The summed E-state index contributed by atoms with van der Waals surface area (Å²) in [4.78, 5) is 2.57. The lowest BCUT2D eigenvalue weighted by Gasteiger charge is -2.26. The monoisotopic (exact) mass is 234 g/mol. The largest absolute Gasteiger partial charge is 0.494 e. The molecule has 0 spiro atoms. The highest BCUT2D eigenvalue weighted by molar-refractivity contribution is 5.28.